The van der Waals surface area contributed by atoms with Gasteiger partial charge in [0.15, 0.2) is 6.04 Å². The fraction of sp³-hybridized carbons (Fsp3) is 0.206. The van der Waals surface area contributed by atoms with Crippen LogP contribution in [0, 0.1) is 6.92 Å². The largest absolute Gasteiger partial charge is 0.479 e. The number of halogens is 1. The molecule has 2 N–H and O–H groups in total. The zero-order valence-electron chi connectivity index (χ0n) is 22.8. The maximum absolute atomic E-state index is 13.7. The van der Waals surface area contributed by atoms with Crippen molar-refractivity contribution in [3.63, 3.8) is 0 Å². The summed E-state index contributed by atoms with van der Waals surface area (Å²) in [6.07, 6.45) is 1.70. The number of nitrogens with one attached hydrogen (secondary N) is 1. The molecule has 2 atom stereocenters. The number of amides is 1. The molecular formula is C34H32ClN3O3. The molecule has 1 aliphatic rings. The average Bonchev–Trinajstić information content (AvgIpc) is 3.45. The van der Waals surface area contributed by atoms with Gasteiger partial charge in [0.1, 0.15) is 0 Å². The smallest absolute Gasteiger partial charge is 0.333 e. The van der Waals surface area contributed by atoms with Crippen LogP contribution in [0.3, 0.4) is 0 Å². The molecule has 5 rings (SSSR count). The maximum Gasteiger partial charge on any atom is 0.333 e. The molecule has 41 heavy (non-hydrogen) atoms. The molecule has 1 saturated heterocycles. The van der Waals surface area contributed by atoms with Crippen molar-refractivity contribution < 1.29 is 14.7 Å². The summed E-state index contributed by atoms with van der Waals surface area (Å²) in [5.41, 5.74) is 5.20. The minimum atomic E-state index is -1.15. The van der Waals surface area contributed by atoms with Crippen LogP contribution in [-0.2, 0) is 16.1 Å². The van der Waals surface area contributed by atoms with Crippen molar-refractivity contribution in [1.82, 2.24) is 4.90 Å². The van der Waals surface area contributed by atoms with Crippen molar-refractivity contribution in [2.75, 3.05) is 11.9 Å². The molecule has 208 valence electrons. The van der Waals surface area contributed by atoms with Crippen LogP contribution in [0.5, 0.6) is 0 Å². The van der Waals surface area contributed by atoms with E-state index < -0.39 is 12.0 Å². The Morgan fingerprint density at radius 2 is 1.66 bits per heavy atom. The third-order valence-electron chi connectivity index (χ3n) is 7.45. The lowest BCUT2D eigenvalue weighted by atomic mass is 9.98. The van der Waals surface area contributed by atoms with E-state index in [1.54, 1.807) is 42.5 Å². The standard InChI is InChI=1S/C34H32ClN3O3/c1-23-11-8-9-16-26(23)22-38-20-10-17-30(38)33(39)36-29-19-18-27(35)21-28(29)31(24-12-4-2-5-13-24)37-32(34(40)41)25-14-6-3-7-15-25/h2-9,11-16,18-19,21,30,32H,10,17,20,22H2,1H3,(H,36,39)(H,40,41)/t30?,32-/m1/s1. The quantitative estimate of drug-likeness (QED) is 0.216. The zero-order valence-corrected chi connectivity index (χ0v) is 23.6. The van der Waals surface area contributed by atoms with Gasteiger partial charge < -0.3 is 10.4 Å². The molecule has 0 spiro atoms. The Morgan fingerprint density at radius 3 is 2.37 bits per heavy atom. The third-order valence-corrected chi connectivity index (χ3v) is 7.69. The highest BCUT2D eigenvalue weighted by atomic mass is 35.5. The second-order valence-electron chi connectivity index (χ2n) is 10.2. The first kappa shape index (κ1) is 28.3. The van der Waals surface area contributed by atoms with Crippen molar-refractivity contribution in [2.24, 2.45) is 4.99 Å². The van der Waals surface area contributed by atoms with Crippen LogP contribution in [0.2, 0.25) is 5.02 Å². The molecule has 7 heteroatoms. The summed E-state index contributed by atoms with van der Waals surface area (Å²) >= 11 is 6.46. The van der Waals surface area contributed by atoms with E-state index in [9.17, 15) is 14.7 Å². The number of rotatable bonds is 9. The monoisotopic (exact) mass is 565 g/mol. The van der Waals surface area contributed by atoms with Gasteiger partial charge in [0, 0.05) is 22.7 Å². The molecule has 1 fully saturated rings. The molecule has 1 amide bonds. The molecule has 1 unspecified atom stereocenters. The highest BCUT2D eigenvalue weighted by molar-refractivity contribution is 6.31. The van der Waals surface area contributed by atoms with Gasteiger partial charge >= 0.3 is 5.97 Å². The number of anilines is 1. The van der Waals surface area contributed by atoms with Gasteiger partial charge in [0.25, 0.3) is 0 Å². The van der Waals surface area contributed by atoms with Crippen LogP contribution in [0.4, 0.5) is 5.69 Å². The molecule has 1 heterocycles. The molecule has 0 bridgehead atoms. The molecule has 4 aromatic carbocycles. The van der Waals surface area contributed by atoms with Crippen LogP contribution < -0.4 is 5.32 Å². The Morgan fingerprint density at radius 1 is 0.976 bits per heavy atom. The molecule has 6 nitrogen and oxygen atoms in total. The summed E-state index contributed by atoms with van der Waals surface area (Å²) in [5.74, 6) is -1.18. The minimum absolute atomic E-state index is 0.107. The number of benzene rings is 4. The van der Waals surface area contributed by atoms with E-state index in [1.807, 2.05) is 48.5 Å². The molecule has 4 aromatic rings. The maximum atomic E-state index is 13.7. The highest BCUT2D eigenvalue weighted by Crippen LogP contribution is 2.29. The fourth-order valence-corrected chi connectivity index (χ4v) is 5.46. The first-order valence-corrected chi connectivity index (χ1v) is 14.1. The first-order valence-electron chi connectivity index (χ1n) is 13.7. The van der Waals surface area contributed by atoms with Crippen LogP contribution in [0.15, 0.2) is 108 Å². The summed E-state index contributed by atoms with van der Waals surface area (Å²) in [7, 11) is 0. The minimum Gasteiger partial charge on any atom is -0.479 e. The summed E-state index contributed by atoms with van der Waals surface area (Å²) in [6.45, 7) is 3.63. The first-order chi connectivity index (χ1) is 19.9. The molecule has 0 aromatic heterocycles. The van der Waals surface area contributed by atoms with E-state index in [2.05, 4.69) is 29.3 Å². The molecule has 1 aliphatic heterocycles. The Hall–Kier alpha value is -4.26. The second-order valence-corrected chi connectivity index (χ2v) is 10.7. The van der Waals surface area contributed by atoms with Crippen molar-refractivity contribution >= 4 is 34.9 Å². The topological polar surface area (TPSA) is 82.0 Å². The summed E-state index contributed by atoms with van der Waals surface area (Å²) in [5, 5.41) is 13.7. The van der Waals surface area contributed by atoms with E-state index in [4.69, 9.17) is 16.6 Å². The van der Waals surface area contributed by atoms with Gasteiger partial charge in [-0.1, -0.05) is 96.5 Å². The fourth-order valence-electron chi connectivity index (χ4n) is 5.29. The predicted molar refractivity (Wildman–Crippen MR) is 164 cm³/mol. The van der Waals surface area contributed by atoms with Crippen molar-refractivity contribution in [3.8, 4) is 0 Å². The third kappa shape index (κ3) is 6.73. The Labute approximate surface area is 245 Å². The van der Waals surface area contributed by atoms with E-state index in [0.29, 0.717) is 34.1 Å². The molecular weight excluding hydrogens is 534 g/mol. The van der Waals surface area contributed by atoms with E-state index in [0.717, 1.165) is 24.9 Å². The SMILES string of the molecule is Cc1ccccc1CN1CCCC1C(=O)Nc1ccc(Cl)cc1C(=N[C@@H](C(=O)O)c1ccccc1)c1ccccc1. The van der Waals surface area contributed by atoms with Gasteiger partial charge in [-0.3, -0.25) is 14.7 Å². The number of aryl methyl sites for hydroxylation is 1. The van der Waals surface area contributed by atoms with Crippen LogP contribution in [0.1, 0.15) is 46.7 Å². The lowest BCUT2D eigenvalue weighted by Crippen LogP contribution is -2.39. The zero-order chi connectivity index (χ0) is 28.8. The van der Waals surface area contributed by atoms with Gasteiger partial charge in [0.2, 0.25) is 5.91 Å². The second kappa shape index (κ2) is 12.9. The lowest BCUT2D eigenvalue weighted by Gasteiger charge is -2.25. The number of nitrogens with zero attached hydrogens (tertiary/aromatic N) is 2. The summed E-state index contributed by atoms with van der Waals surface area (Å²) in [6, 6.07) is 30.3. The molecule has 0 radical (unpaired) electrons. The van der Waals surface area contributed by atoms with Gasteiger partial charge in [-0.25, -0.2) is 4.79 Å². The number of aliphatic carboxylic acids is 1. The lowest BCUT2D eigenvalue weighted by molar-refractivity contribution is -0.138. The number of carbonyl (C=O) groups excluding carboxylic acids is 1. The average molecular weight is 566 g/mol. The van der Waals surface area contributed by atoms with E-state index in [1.165, 1.54) is 11.1 Å². The van der Waals surface area contributed by atoms with E-state index >= 15 is 0 Å². The summed E-state index contributed by atoms with van der Waals surface area (Å²) in [4.78, 5) is 33.1. The van der Waals surface area contributed by atoms with Gasteiger partial charge in [-0.05, 0) is 61.2 Å². The van der Waals surface area contributed by atoms with E-state index in [-0.39, 0.29) is 11.9 Å². The normalized spacial score (nSPS) is 16.3. The number of hydrogen-bond donors (Lipinski definition) is 2. The highest BCUT2D eigenvalue weighted by Gasteiger charge is 2.32. The Kier molecular flexibility index (Phi) is 8.92. The van der Waals surface area contributed by atoms with Crippen LogP contribution in [0.25, 0.3) is 0 Å². The van der Waals surface area contributed by atoms with Crippen molar-refractivity contribution in [3.05, 3.63) is 136 Å². The van der Waals surface area contributed by atoms with Crippen molar-refractivity contribution in [2.45, 2.75) is 38.4 Å². The van der Waals surface area contributed by atoms with Gasteiger partial charge in [0.05, 0.1) is 17.4 Å². The number of carboxylic acid groups (broad SMARTS) is 1. The summed E-state index contributed by atoms with van der Waals surface area (Å²) < 4.78 is 0. The van der Waals surface area contributed by atoms with Crippen molar-refractivity contribution in [1.29, 1.82) is 0 Å². The number of carboxylic acids is 1. The molecule has 0 saturated carbocycles. The Balaban J connectivity index is 1.51. The Bertz CT molecular complexity index is 1560. The predicted octanol–water partition coefficient (Wildman–Crippen LogP) is 6.91. The number of likely N-dealkylation sites (tertiary alicyclic amines) is 1. The molecule has 0 aliphatic carbocycles. The van der Waals surface area contributed by atoms with Gasteiger partial charge in [-0.15, -0.1) is 0 Å². The van der Waals surface area contributed by atoms with Gasteiger partial charge in [-0.2, -0.15) is 0 Å². The van der Waals surface area contributed by atoms with Crippen LogP contribution >= 0.6 is 11.6 Å². The number of hydrogen-bond acceptors (Lipinski definition) is 4. The number of aliphatic imine (C=N–C) groups is 1. The van der Waals surface area contributed by atoms with Crippen LogP contribution in [-0.4, -0.2) is 40.2 Å². The number of carbonyl (C=O) groups is 2.